The normalized spacial score (nSPS) is 9.57. The second-order valence-electron chi connectivity index (χ2n) is 4.90. The SMILES string of the molecule is CN(Cc1cccc(C#N)c1)C(=O)Nc1ccc(F)cc1C#N. The molecular weight excluding hydrogens is 295 g/mol. The minimum Gasteiger partial charge on any atom is -0.323 e. The van der Waals surface area contributed by atoms with Crippen molar-refractivity contribution in [1.29, 1.82) is 10.5 Å². The molecule has 0 heterocycles. The molecule has 2 rings (SSSR count). The van der Waals surface area contributed by atoms with E-state index in [0.717, 1.165) is 11.6 Å². The van der Waals surface area contributed by atoms with Gasteiger partial charge in [-0.15, -0.1) is 0 Å². The molecule has 23 heavy (non-hydrogen) atoms. The van der Waals surface area contributed by atoms with E-state index >= 15 is 0 Å². The summed E-state index contributed by atoms with van der Waals surface area (Å²) in [6.45, 7) is 0.296. The van der Waals surface area contributed by atoms with Crippen LogP contribution in [0, 0.1) is 28.5 Å². The number of amides is 2. The molecule has 0 spiro atoms. The standard InChI is InChI=1S/C17H13FN4O/c1-22(11-13-4-2-3-12(7-13)9-19)17(23)21-16-6-5-15(18)8-14(16)10-20/h2-8H,11H2,1H3,(H,21,23). The molecule has 0 aromatic heterocycles. The van der Waals surface area contributed by atoms with Crippen LogP contribution in [-0.4, -0.2) is 18.0 Å². The summed E-state index contributed by atoms with van der Waals surface area (Å²) >= 11 is 0. The van der Waals surface area contributed by atoms with Crippen molar-refractivity contribution >= 4 is 11.7 Å². The monoisotopic (exact) mass is 308 g/mol. The van der Waals surface area contributed by atoms with Crippen molar-refractivity contribution in [3.63, 3.8) is 0 Å². The summed E-state index contributed by atoms with van der Waals surface area (Å²) in [5, 5.41) is 20.4. The van der Waals surface area contributed by atoms with Gasteiger partial charge in [0.1, 0.15) is 11.9 Å². The summed E-state index contributed by atoms with van der Waals surface area (Å²) in [5.41, 5.74) is 1.62. The minimum atomic E-state index is -0.541. The van der Waals surface area contributed by atoms with Gasteiger partial charge in [-0.1, -0.05) is 12.1 Å². The first kappa shape index (κ1) is 16.0. The summed E-state index contributed by atoms with van der Waals surface area (Å²) in [6, 6.07) is 13.9. The summed E-state index contributed by atoms with van der Waals surface area (Å²) in [6.07, 6.45) is 0. The van der Waals surface area contributed by atoms with Crippen LogP contribution >= 0.6 is 0 Å². The molecule has 0 radical (unpaired) electrons. The number of nitriles is 2. The molecule has 0 bridgehead atoms. The molecule has 2 aromatic carbocycles. The second kappa shape index (κ2) is 7.06. The van der Waals surface area contributed by atoms with Crippen LogP contribution in [0.3, 0.4) is 0 Å². The summed E-state index contributed by atoms with van der Waals surface area (Å²) in [4.78, 5) is 13.6. The lowest BCUT2D eigenvalue weighted by Crippen LogP contribution is -2.31. The summed E-state index contributed by atoms with van der Waals surface area (Å²) in [7, 11) is 1.59. The van der Waals surface area contributed by atoms with E-state index in [2.05, 4.69) is 5.32 Å². The van der Waals surface area contributed by atoms with Crippen LogP contribution in [-0.2, 0) is 6.54 Å². The van der Waals surface area contributed by atoms with E-state index in [1.54, 1.807) is 25.2 Å². The van der Waals surface area contributed by atoms with E-state index < -0.39 is 11.8 Å². The molecule has 6 heteroatoms. The molecule has 0 fully saturated rings. The number of nitrogens with zero attached hydrogens (tertiary/aromatic N) is 3. The van der Waals surface area contributed by atoms with E-state index in [1.165, 1.54) is 17.0 Å². The smallest absolute Gasteiger partial charge is 0.321 e. The molecule has 1 N–H and O–H groups in total. The average Bonchev–Trinajstić information content (AvgIpc) is 2.56. The molecule has 5 nitrogen and oxygen atoms in total. The zero-order valence-corrected chi connectivity index (χ0v) is 12.4. The highest BCUT2D eigenvalue weighted by Crippen LogP contribution is 2.17. The highest BCUT2D eigenvalue weighted by molar-refractivity contribution is 5.90. The molecule has 0 aliphatic carbocycles. The zero-order chi connectivity index (χ0) is 16.8. The third kappa shape index (κ3) is 4.05. The molecule has 2 aromatic rings. The Kier molecular flexibility index (Phi) is 4.91. The third-order valence-corrected chi connectivity index (χ3v) is 3.17. The van der Waals surface area contributed by atoms with Gasteiger partial charge >= 0.3 is 6.03 Å². The number of nitrogens with one attached hydrogen (secondary N) is 1. The number of hydrogen-bond acceptors (Lipinski definition) is 3. The quantitative estimate of drug-likeness (QED) is 0.945. The van der Waals surface area contributed by atoms with E-state index in [1.807, 2.05) is 18.2 Å². The molecule has 0 aliphatic rings. The van der Waals surface area contributed by atoms with Crippen molar-refractivity contribution in [3.8, 4) is 12.1 Å². The number of carbonyl (C=O) groups excluding carboxylic acids is 1. The van der Waals surface area contributed by atoms with Crippen LogP contribution in [0.15, 0.2) is 42.5 Å². The Labute approximate surface area is 133 Å². The van der Waals surface area contributed by atoms with Gasteiger partial charge in [0, 0.05) is 13.6 Å². The van der Waals surface area contributed by atoms with Gasteiger partial charge in [0.2, 0.25) is 0 Å². The van der Waals surface area contributed by atoms with Gasteiger partial charge in [0.05, 0.1) is 22.9 Å². The second-order valence-corrected chi connectivity index (χ2v) is 4.90. The van der Waals surface area contributed by atoms with Crippen molar-refractivity contribution in [3.05, 3.63) is 65.0 Å². The zero-order valence-electron chi connectivity index (χ0n) is 12.4. The van der Waals surface area contributed by atoms with E-state index in [9.17, 15) is 9.18 Å². The Morgan fingerprint density at radius 3 is 2.70 bits per heavy atom. The van der Waals surface area contributed by atoms with Crippen LogP contribution in [0.1, 0.15) is 16.7 Å². The fourth-order valence-electron chi connectivity index (χ4n) is 2.01. The Bertz CT molecular complexity index is 820. The molecule has 0 unspecified atom stereocenters. The first-order valence-electron chi connectivity index (χ1n) is 6.74. The first-order valence-corrected chi connectivity index (χ1v) is 6.74. The van der Waals surface area contributed by atoms with Gasteiger partial charge in [-0.25, -0.2) is 9.18 Å². The lowest BCUT2D eigenvalue weighted by Gasteiger charge is -2.18. The van der Waals surface area contributed by atoms with Crippen molar-refractivity contribution in [2.45, 2.75) is 6.54 Å². The van der Waals surface area contributed by atoms with Gasteiger partial charge in [-0.05, 0) is 35.9 Å². The molecule has 0 atom stereocenters. The lowest BCUT2D eigenvalue weighted by molar-refractivity contribution is 0.220. The Morgan fingerprint density at radius 1 is 1.22 bits per heavy atom. The summed E-state index contributed by atoms with van der Waals surface area (Å²) in [5.74, 6) is -0.541. The number of hydrogen-bond donors (Lipinski definition) is 1. The predicted octanol–water partition coefficient (Wildman–Crippen LogP) is 3.23. The van der Waals surface area contributed by atoms with E-state index in [-0.39, 0.29) is 11.3 Å². The maximum atomic E-state index is 13.1. The average molecular weight is 308 g/mol. The summed E-state index contributed by atoms with van der Waals surface area (Å²) < 4.78 is 13.1. The first-order chi connectivity index (χ1) is 11.0. The van der Waals surface area contributed by atoms with Crippen molar-refractivity contribution in [2.24, 2.45) is 0 Å². The van der Waals surface area contributed by atoms with Crippen LogP contribution < -0.4 is 5.32 Å². The van der Waals surface area contributed by atoms with Crippen LogP contribution in [0.5, 0.6) is 0 Å². The highest BCUT2D eigenvalue weighted by atomic mass is 19.1. The van der Waals surface area contributed by atoms with Gasteiger partial charge in [0.15, 0.2) is 0 Å². The fourth-order valence-corrected chi connectivity index (χ4v) is 2.01. The number of carbonyl (C=O) groups is 1. The van der Waals surface area contributed by atoms with Gasteiger partial charge < -0.3 is 10.2 Å². The number of rotatable bonds is 3. The lowest BCUT2D eigenvalue weighted by atomic mass is 10.1. The molecular formula is C17H13FN4O. The molecule has 114 valence electrons. The van der Waals surface area contributed by atoms with Crippen LogP contribution in [0.4, 0.5) is 14.9 Å². The Balaban J connectivity index is 2.09. The highest BCUT2D eigenvalue weighted by Gasteiger charge is 2.12. The fraction of sp³-hybridized carbons (Fsp3) is 0.118. The van der Waals surface area contributed by atoms with E-state index in [4.69, 9.17) is 10.5 Å². The Hall–Kier alpha value is -3.38. The largest absolute Gasteiger partial charge is 0.323 e. The maximum absolute atomic E-state index is 13.1. The van der Waals surface area contributed by atoms with Gasteiger partial charge in [-0.2, -0.15) is 10.5 Å². The molecule has 0 aliphatic heterocycles. The number of anilines is 1. The topological polar surface area (TPSA) is 79.9 Å². The van der Waals surface area contributed by atoms with Gasteiger partial charge in [0.25, 0.3) is 0 Å². The van der Waals surface area contributed by atoms with Crippen molar-refractivity contribution in [2.75, 3.05) is 12.4 Å². The van der Waals surface area contributed by atoms with Gasteiger partial charge in [-0.3, -0.25) is 0 Å². The van der Waals surface area contributed by atoms with Crippen LogP contribution in [0.2, 0.25) is 0 Å². The van der Waals surface area contributed by atoms with Crippen LogP contribution in [0.25, 0.3) is 0 Å². The van der Waals surface area contributed by atoms with Crippen molar-refractivity contribution in [1.82, 2.24) is 4.90 Å². The predicted molar refractivity (Wildman–Crippen MR) is 82.8 cm³/mol. The molecule has 2 amide bonds. The number of urea groups is 1. The minimum absolute atomic E-state index is 0.0539. The van der Waals surface area contributed by atoms with Crippen molar-refractivity contribution < 1.29 is 9.18 Å². The molecule has 0 saturated carbocycles. The molecule has 0 saturated heterocycles. The third-order valence-electron chi connectivity index (χ3n) is 3.17. The van der Waals surface area contributed by atoms with E-state index in [0.29, 0.717) is 12.1 Å². The maximum Gasteiger partial charge on any atom is 0.321 e. The number of benzene rings is 2. The number of halogens is 1. The Morgan fingerprint density at radius 2 is 2.00 bits per heavy atom.